The number of dihydropyridines is 1. The first-order valence-electron chi connectivity index (χ1n) is 11.0. The second-order valence-corrected chi connectivity index (χ2v) is 8.91. The van der Waals surface area contributed by atoms with E-state index >= 15 is 0 Å². The standard InChI is InChI=1S/C21H32ClN7O/c1-5-17(20-26-23-12-27(20)6-2)24-14(4)29-11-16-15(21(29)30)10-18(25-19(16)22)28-9-7-8-13(28)3/h10,12-13,16-17,19-20,26H,5-9,11H2,1-4H3/t13-,16?,17?,19?,20?/m1/s1. The third kappa shape index (κ3) is 3.70. The van der Waals surface area contributed by atoms with Crippen LogP contribution >= 0.6 is 11.6 Å². The minimum atomic E-state index is -0.419. The molecule has 164 valence electrons. The van der Waals surface area contributed by atoms with Gasteiger partial charge in [0.1, 0.15) is 29.7 Å². The Hall–Kier alpha value is -2.09. The van der Waals surface area contributed by atoms with Gasteiger partial charge in [-0.25, -0.2) is 4.99 Å². The Morgan fingerprint density at radius 2 is 2.23 bits per heavy atom. The number of hydrazone groups is 1. The van der Waals surface area contributed by atoms with Gasteiger partial charge >= 0.3 is 0 Å². The van der Waals surface area contributed by atoms with E-state index in [9.17, 15) is 4.79 Å². The molecule has 9 heteroatoms. The van der Waals surface area contributed by atoms with Gasteiger partial charge in [0.2, 0.25) is 0 Å². The largest absolute Gasteiger partial charge is 0.354 e. The number of carbonyl (C=O) groups is 1. The molecule has 4 aliphatic rings. The summed E-state index contributed by atoms with van der Waals surface area (Å²) in [5.41, 5.74) is 3.49. The van der Waals surface area contributed by atoms with Crippen LogP contribution in [0.4, 0.5) is 0 Å². The molecule has 4 rings (SSSR count). The molecule has 0 radical (unpaired) electrons. The van der Waals surface area contributed by atoms with Crippen molar-refractivity contribution in [2.45, 2.75) is 70.7 Å². The number of amidine groups is 2. The van der Waals surface area contributed by atoms with E-state index in [0.29, 0.717) is 12.6 Å². The fraction of sp³-hybridized carbons (Fsp3) is 0.714. The first-order valence-corrected chi connectivity index (χ1v) is 11.5. The predicted molar refractivity (Wildman–Crippen MR) is 121 cm³/mol. The van der Waals surface area contributed by atoms with E-state index < -0.39 is 5.50 Å². The molecule has 2 saturated heterocycles. The van der Waals surface area contributed by atoms with Crippen molar-refractivity contribution in [2.75, 3.05) is 19.6 Å². The molecule has 2 fully saturated rings. The molecule has 5 atom stereocenters. The van der Waals surface area contributed by atoms with Crippen LogP contribution in [0.15, 0.2) is 26.7 Å². The molecule has 0 aromatic rings. The molecule has 0 aromatic heterocycles. The quantitative estimate of drug-likeness (QED) is 0.319. The Labute approximate surface area is 183 Å². The topological polar surface area (TPSA) is 75.9 Å². The molecule has 8 nitrogen and oxygen atoms in total. The molecule has 1 N–H and O–H groups in total. The molecule has 0 saturated carbocycles. The minimum Gasteiger partial charge on any atom is -0.354 e. The monoisotopic (exact) mass is 433 g/mol. The molecule has 0 spiro atoms. The van der Waals surface area contributed by atoms with Gasteiger partial charge in [-0.2, -0.15) is 5.10 Å². The smallest absolute Gasteiger partial charge is 0.255 e. The maximum Gasteiger partial charge on any atom is 0.255 e. The summed E-state index contributed by atoms with van der Waals surface area (Å²) < 4.78 is 0. The van der Waals surface area contributed by atoms with E-state index in [-0.39, 0.29) is 24.0 Å². The summed E-state index contributed by atoms with van der Waals surface area (Å²) in [6.07, 6.45) is 6.94. The average Bonchev–Trinajstić information content (AvgIpc) is 3.45. The molecule has 4 heterocycles. The van der Waals surface area contributed by atoms with Crippen molar-refractivity contribution in [3.05, 3.63) is 11.6 Å². The number of fused-ring (bicyclic) bond motifs is 1. The minimum absolute atomic E-state index is 0.000849. The lowest BCUT2D eigenvalue weighted by Crippen LogP contribution is -2.46. The molecule has 0 aliphatic carbocycles. The third-order valence-electron chi connectivity index (χ3n) is 6.65. The zero-order valence-corrected chi connectivity index (χ0v) is 19.0. The average molecular weight is 434 g/mol. The Bertz CT molecular complexity index is 807. The van der Waals surface area contributed by atoms with Crippen LogP contribution in [0.1, 0.15) is 47.0 Å². The second-order valence-electron chi connectivity index (χ2n) is 8.47. The lowest BCUT2D eigenvalue weighted by atomic mass is 9.99. The van der Waals surface area contributed by atoms with E-state index in [2.05, 4.69) is 41.1 Å². The summed E-state index contributed by atoms with van der Waals surface area (Å²) in [5, 5.41) is 4.18. The summed E-state index contributed by atoms with van der Waals surface area (Å²) in [7, 11) is 0. The molecule has 4 aliphatic heterocycles. The number of alkyl halides is 1. The van der Waals surface area contributed by atoms with Gasteiger partial charge in [-0.15, -0.1) is 0 Å². The highest BCUT2D eigenvalue weighted by Gasteiger charge is 2.43. The lowest BCUT2D eigenvalue weighted by Gasteiger charge is -2.28. The van der Waals surface area contributed by atoms with Gasteiger partial charge in [-0.05, 0) is 46.1 Å². The third-order valence-corrected chi connectivity index (χ3v) is 7.05. The highest BCUT2D eigenvalue weighted by Crippen LogP contribution is 2.35. The molecule has 1 amide bonds. The molecule has 0 bridgehead atoms. The van der Waals surface area contributed by atoms with E-state index in [1.54, 1.807) is 4.90 Å². The van der Waals surface area contributed by atoms with Crippen LogP contribution in [0.2, 0.25) is 0 Å². The van der Waals surface area contributed by atoms with Crippen molar-refractivity contribution in [2.24, 2.45) is 21.0 Å². The van der Waals surface area contributed by atoms with Crippen LogP contribution < -0.4 is 5.43 Å². The number of hydrogen-bond donors (Lipinski definition) is 1. The first kappa shape index (κ1) is 21.2. The van der Waals surface area contributed by atoms with Gasteiger partial charge in [0.05, 0.1) is 6.04 Å². The Kier molecular flexibility index (Phi) is 6.04. The fourth-order valence-corrected chi connectivity index (χ4v) is 5.12. The predicted octanol–water partition coefficient (Wildman–Crippen LogP) is 2.22. The van der Waals surface area contributed by atoms with Crippen molar-refractivity contribution in [1.82, 2.24) is 20.1 Å². The summed E-state index contributed by atoms with van der Waals surface area (Å²) in [5.74, 6) is 1.50. The van der Waals surface area contributed by atoms with Gasteiger partial charge < -0.3 is 9.80 Å². The number of nitrogens with zero attached hydrogens (tertiary/aromatic N) is 6. The number of aliphatic imine (C=N–C) groups is 2. The summed E-state index contributed by atoms with van der Waals surface area (Å²) in [6.45, 7) is 10.7. The zero-order valence-electron chi connectivity index (χ0n) is 18.3. The maximum absolute atomic E-state index is 13.3. The van der Waals surface area contributed by atoms with Gasteiger partial charge in [0, 0.05) is 37.2 Å². The van der Waals surface area contributed by atoms with Gasteiger partial charge in [-0.1, -0.05) is 18.5 Å². The van der Waals surface area contributed by atoms with Crippen LogP contribution in [-0.2, 0) is 4.79 Å². The maximum atomic E-state index is 13.3. The molecule has 30 heavy (non-hydrogen) atoms. The van der Waals surface area contributed by atoms with Crippen molar-refractivity contribution in [1.29, 1.82) is 0 Å². The van der Waals surface area contributed by atoms with Crippen LogP contribution in [-0.4, -0.2) is 82.0 Å². The Balaban J connectivity index is 1.53. The number of carbonyl (C=O) groups excluding carboxylic acids is 1. The number of amides is 1. The van der Waals surface area contributed by atoms with Crippen molar-refractivity contribution in [3.63, 3.8) is 0 Å². The summed E-state index contributed by atoms with van der Waals surface area (Å²) in [6, 6.07) is 0.436. The summed E-state index contributed by atoms with van der Waals surface area (Å²) >= 11 is 6.64. The number of rotatable bonds is 4. The van der Waals surface area contributed by atoms with Crippen molar-refractivity contribution >= 4 is 35.5 Å². The molecule has 0 aromatic carbocycles. The number of likely N-dealkylation sites (N-methyl/N-ethyl adjacent to an activating group) is 1. The Morgan fingerprint density at radius 1 is 1.43 bits per heavy atom. The second kappa shape index (κ2) is 8.57. The van der Waals surface area contributed by atoms with Gasteiger partial charge in [-0.3, -0.25) is 20.1 Å². The van der Waals surface area contributed by atoms with E-state index in [0.717, 1.165) is 49.6 Å². The molecule has 4 unspecified atom stereocenters. The van der Waals surface area contributed by atoms with Crippen LogP contribution in [0, 0.1) is 5.92 Å². The normalized spacial score (nSPS) is 32.4. The van der Waals surface area contributed by atoms with Crippen LogP contribution in [0.3, 0.4) is 0 Å². The zero-order chi connectivity index (χ0) is 21.4. The van der Waals surface area contributed by atoms with Gasteiger partial charge in [0.25, 0.3) is 5.91 Å². The van der Waals surface area contributed by atoms with Crippen LogP contribution in [0.25, 0.3) is 0 Å². The number of hydrogen-bond acceptors (Lipinski definition) is 7. The van der Waals surface area contributed by atoms with Gasteiger partial charge in [0.15, 0.2) is 0 Å². The molecular formula is C21H32ClN7O. The van der Waals surface area contributed by atoms with Crippen LogP contribution in [0.5, 0.6) is 0 Å². The van der Waals surface area contributed by atoms with E-state index in [1.807, 2.05) is 19.3 Å². The van der Waals surface area contributed by atoms with Crippen molar-refractivity contribution in [3.8, 4) is 0 Å². The number of nitrogens with one attached hydrogen (secondary N) is 1. The van der Waals surface area contributed by atoms with E-state index in [1.165, 1.54) is 0 Å². The summed E-state index contributed by atoms with van der Waals surface area (Å²) in [4.78, 5) is 29.1. The highest BCUT2D eigenvalue weighted by atomic mass is 35.5. The highest BCUT2D eigenvalue weighted by molar-refractivity contribution is 6.24. The number of halogens is 1. The SMILES string of the molecule is CCC(N=C(C)N1CC2C(=CC(N3CCC[C@H]3C)=NC2Cl)C1=O)C1NN=CN1CC. The van der Waals surface area contributed by atoms with E-state index in [4.69, 9.17) is 21.6 Å². The molecular weight excluding hydrogens is 402 g/mol. The first-order chi connectivity index (χ1) is 14.4. The lowest BCUT2D eigenvalue weighted by molar-refractivity contribution is -0.121. The Morgan fingerprint density at radius 3 is 2.90 bits per heavy atom. The van der Waals surface area contributed by atoms with Crippen molar-refractivity contribution < 1.29 is 4.79 Å². The fourth-order valence-electron chi connectivity index (χ4n) is 4.81. The number of likely N-dealkylation sites (tertiary alicyclic amines) is 2.